The second-order valence-corrected chi connectivity index (χ2v) is 10.7. The Hall–Kier alpha value is -3.88. The largest absolute Gasteiger partial charge is 0.353 e. The minimum absolute atomic E-state index is 0.869. The van der Waals surface area contributed by atoms with Gasteiger partial charge in [-0.15, -0.1) is 11.3 Å². The van der Waals surface area contributed by atoms with E-state index in [1.165, 1.54) is 15.3 Å². The van der Waals surface area contributed by atoms with Crippen LogP contribution in [0.1, 0.15) is 16.9 Å². The molecule has 7 nitrogen and oxygen atoms in total. The molecule has 180 valence electrons. The lowest BCUT2D eigenvalue weighted by molar-refractivity contribution is 0.400. The van der Waals surface area contributed by atoms with Gasteiger partial charge in [-0.2, -0.15) is 5.10 Å². The summed E-state index contributed by atoms with van der Waals surface area (Å²) in [5.74, 6) is 0. The topological polar surface area (TPSA) is 86.4 Å². The molecule has 0 unspecified atom stereocenters. The molecule has 0 bridgehead atoms. The van der Waals surface area contributed by atoms with Gasteiger partial charge in [0.1, 0.15) is 5.69 Å². The maximum absolute atomic E-state index is 4.69. The summed E-state index contributed by atoms with van der Waals surface area (Å²) >= 11 is 1.76. The molecule has 6 heterocycles. The van der Waals surface area contributed by atoms with E-state index in [2.05, 4.69) is 81.4 Å². The van der Waals surface area contributed by atoms with Crippen LogP contribution in [0.25, 0.3) is 55.0 Å². The molecule has 0 spiro atoms. The molecule has 0 aliphatic carbocycles. The molecule has 2 N–H and O–H groups in total. The van der Waals surface area contributed by atoms with Crippen LogP contribution in [0.2, 0.25) is 0 Å². The quantitative estimate of drug-likeness (QED) is 0.281. The van der Waals surface area contributed by atoms with Crippen LogP contribution in [0.5, 0.6) is 0 Å². The molecule has 0 fully saturated rings. The normalized spacial score (nSPS) is 11.8. The van der Waals surface area contributed by atoms with Gasteiger partial charge in [0.05, 0.1) is 33.7 Å². The number of nitrogens with zero attached hydrogens (tertiary/aromatic N) is 5. The van der Waals surface area contributed by atoms with Gasteiger partial charge in [0.25, 0.3) is 0 Å². The second-order valence-electron chi connectivity index (χ2n) is 9.39. The van der Waals surface area contributed by atoms with Crippen molar-refractivity contribution >= 4 is 33.1 Å². The molecule has 0 aliphatic heterocycles. The first kappa shape index (κ1) is 22.6. The van der Waals surface area contributed by atoms with Crippen molar-refractivity contribution < 1.29 is 0 Å². The molecular weight excluding hydrogens is 466 g/mol. The molecule has 8 heteroatoms. The number of H-pyrrole nitrogens is 2. The Morgan fingerprint density at radius 2 is 1.81 bits per heavy atom. The monoisotopic (exact) mass is 493 g/mol. The van der Waals surface area contributed by atoms with Crippen LogP contribution in [0.3, 0.4) is 0 Å². The number of aryl methyl sites for hydroxylation is 2. The summed E-state index contributed by atoms with van der Waals surface area (Å²) in [4.78, 5) is 22.1. The van der Waals surface area contributed by atoms with Crippen LogP contribution in [-0.4, -0.2) is 55.7 Å². The molecule has 36 heavy (non-hydrogen) atoms. The zero-order valence-corrected chi connectivity index (χ0v) is 21.4. The lowest BCUT2D eigenvalue weighted by Gasteiger charge is -2.09. The van der Waals surface area contributed by atoms with Gasteiger partial charge >= 0.3 is 0 Å². The van der Waals surface area contributed by atoms with E-state index in [-0.39, 0.29) is 0 Å². The standard InChI is InChI=1S/C28H27N7S/c1-17-6-7-26(36-17)28-20-13-24(32-22(20)8-9-30-28)27-21-12-23(31-16-25(21)33-34-27)19-11-18(14-29-15-19)5-4-10-35(2)3/h6-9,11-16,32H,4-5,10H2,1-3H3,(H,33,34). The average Bonchev–Trinajstić information content (AvgIpc) is 3.61. The Kier molecular flexibility index (Phi) is 5.83. The van der Waals surface area contributed by atoms with E-state index in [9.17, 15) is 0 Å². The van der Waals surface area contributed by atoms with Crippen molar-refractivity contribution in [1.82, 2.24) is 35.0 Å². The summed E-state index contributed by atoms with van der Waals surface area (Å²) in [7, 11) is 4.20. The average molecular weight is 494 g/mol. The van der Waals surface area contributed by atoms with Gasteiger partial charge in [-0.25, -0.2) is 0 Å². The number of nitrogens with one attached hydrogen (secondary N) is 2. The van der Waals surface area contributed by atoms with Crippen molar-refractivity contribution in [2.75, 3.05) is 20.6 Å². The fourth-order valence-electron chi connectivity index (χ4n) is 4.58. The van der Waals surface area contributed by atoms with E-state index in [1.807, 2.05) is 30.9 Å². The van der Waals surface area contributed by atoms with Crippen LogP contribution in [0, 0.1) is 6.92 Å². The van der Waals surface area contributed by atoms with Crippen molar-refractivity contribution in [3.8, 4) is 33.2 Å². The van der Waals surface area contributed by atoms with Gasteiger partial charge in [0.15, 0.2) is 0 Å². The van der Waals surface area contributed by atoms with E-state index < -0.39 is 0 Å². The predicted octanol–water partition coefficient (Wildman–Crippen LogP) is 6.09. The molecule has 6 aromatic rings. The molecule has 6 rings (SSSR count). The van der Waals surface area contributed by atoms with Crippen LogP contribution < -0.4 is 0 Å². The Morgan fingerprint density at radius 1 is 0.917 bits per heavy atom. The van der Waals surface area contributed by atoms with Gasteiger partial charge < -0.3 is 9.88 Å². The third-order valence-corrected chi connectivity index (χ3v) is 7.39. The van der Waals surface area contributed by atoms with Gasteiger partial charge in [-0.05, 0) is 82.4 Å². The number of hydrogen-bond acceptors (Lipinski definition) is 6. The summed E-state index contributed by atoms with van der Waals surface area (Å²) < 4.78 is 0. The third-order valence-electron chi connectivity index (χ3n) is 6.39. The zero-order chi connectivity index (χ0) is 24.6. The molecule has 0 saturated heterocycles. The number of fused-ring (bicyclic) bond motifs is 2. The fraction of sp³-hybridized carbons (Fsp3) is 0.214. The summed E-state index contributed by atoms with van der Waals surface area (Å²) in [6.07, 6.45) is 9.63. The summed E-state index contributed by atoms with van der Waals surface area (Å²) in [5, 5.41) is 9.90. The molecule has 0 radical (unpaired) electrons. The van der Waals surface area contributed by atoms with Crippen LogP contribution in [0.15, 0.2) is 61.2 Å². The van der Waals surface area contributed by atoms with Crippen molar-refractivity contribution in [1.29, 1.82) is 0 Å². The summed E-state index contributed by atoms with van der Waals surface area (Å²) in [6.45, 7) is 3.17. The molecule has 0 saturated carbocycles. The Bertz CT molecular complexity index is 1670. The molecule has 0 aliphatic rings. The molecule has 0 amide bonds. The number of hydrogen-bond donors (Lipinski definition) is 2. The Morgan fingerprint density at radius 3 is 2.64 bits per heavy atom. The lowest BCUT2D eigenvalue weighted by Crippen LogP contribution is -2.13. The Labute approximate surface area is 213 Å². The van der Waals surface area contributed by atoms with E-state index in [0.717, 1.165) is 69.5 Å². The summed E-state index contributed by atoms with van der Waals surface area (Å²) in [6, 6.07) is 12.7. The van der Waals surface area contributed by atoms with Gasteiger partial charge in [-0.1, -0.05) is 0 Å². The third kappa shape index (κ3) is 4.29. The first-order valence-electron chi connectivity index (χ1n) is 12.0. The Balaban J connectivity index is 1.37. The molecule has 0 aromatic carbocycles. The first-order chi connectivity index (χ1) is 17.5. The highest BCUT2D eigenvalue weighted by atomic mass is 32.1. The van der Waals surface area contributed by atoms with Gasteiger partial charge in [0.2, 0.25) is 0 Å². The van der Waals surface area contributed by atoms with Crippen LogP contribution in [-0.2, 0) is 6.42 Å². The number of aromatic nitrogens is 6. The molecular formula is C28H27N7S. The van der Waals surface area contributed by atoms with E-state index in [0.29, 0.717) is 0 Å². The molecule has 6 aromatic heterocycles. The highest BCUT2D eigenvalue weighted by Gasteiger charge is 2.16. The van der Waals surface area contributed by atoms with E-state index in [4.69, 9.17) is 4.98 Å². The number of rotatable bonds is 7. The lowest BCUT2D eigenvalue weighted by atomic mass is 10.1. The minimum atomic E-state index is 0.869. The smallest absolute Gasteiger partial charge is 0.116 e. The van der Waals surface area contributed by atoms with Crippen LogP contribution in [0.4, 0.5) is 0 Å². The highest BCUT2D eigenvalue weighted by Crippen LogP contribution is 2.35. The van der Waals surface area contributed by atoms with Gasteiger partial charge in [0, 0.05) is 45.3 Å². The second kappa shape index (κ2) is 9.29. The zero-order valence-electron chi connectivity index (χ0n) is 20.5. The number of aromatic amines is 2. The van der Waals surface area contributed by atoms with Gasteiger partial charge in [-0.3, -0.25) is 20.1 Å². The maximum atomic E-state index is 4.69. The van der Waals surface area contributed by atoms with Crippen molar-refractivity contribution in [3.63, 3.8) is 0 Å². The minimum Gasteiger partial charge on any atom is -0.353 e. The number of thiophene rings is 1. The fourth-order valence-corrected chi connectivity index (χ4v) is 5.46. The SMILES string of the molecule is Cc1ccc(-c2nccc3[nH]c(-c4n[nH]c5cnc(-c6cncc(CCCN(C)C)c6)cc45)cc23)s1. The highest BCUT2D eigenvalue weighted by molar-refractivity contribution is 7.15. The van der Waals surface area contributed by atoms with Crippen molar-refractivity contribution in [2.24, 2.45) is 0 Å². The maximum Gasteiger partial charge on any atom is 0.116 e. The van der Waals surface area contributed by atoms with Crippen molar-refractivity contribution in [3.05, 3.63) is 71.6 Å². The number of pyridine rings is 3. The summed E-state index contributed by atoms with van der Waals surface area (Å²) in [5.41, 5.74) is 7.88. The predicted molar refractivity (Wildman–Crippen MR) is 147 cm³/mol. The van der Waals surface area contributed by atoms with E-state index in [1.54, 1.807) is 11.3 Å². The van der Waals surface area contributed by atoms with Crippen molar-refractivity contribution in [2.45, 2.75) is 19.8 Å². The first-order valence-corrected chi connectivity index (χ1v) is 12.8. The van der Waals surface area contributed by atoms with Crippen LogP contribution >= 0.6 is 11.3 Å². The molecule has 0 atom stereocenters. The van der Waals surface area contributed by atoms with E-state index >= 15 is 0 Å².